The van der Waals surface area contributed by atoms with Crippen molar-refractivity contribution in [3.63, 3.8) is 0 Å². The Morgan fingerprint density at radius 1 is 0.610 bits per heavy atom. The summed E-state index contributed by atoms with van der Waals surface area (Å²) in [6.07, 6.45) is 9.89. The molecular formula is C29H38N2O10. The minimum absolute atomic E-state index is 0.0346. The summed E-state index contributed by atoms with van der Waals surface area (Å²) in [6, 6.07) is 0. The first-order valence-corrected chi connectivity index (χ1v) is 14.2. The molecule has 2 aliphatic heterocycles. The van der Waals surface area contributed by atoms with Crippen LogP contribution < -0.4 is 0 Å². The van der Waals surface area contributed by atoms with Gasteiger partial charge in [-0.15, -0.1) is 0 Å². The first kappa shape index (κ1) is 33.2. The minimum atomic E-state index is -0.922. The number of hydrogen-bond donors (Lipinski definition) is 0. The zero-order valence-electron chi connectivity index (χ0n) is 23.5. The van der Waals surface area contributed by atoms with Crippen LogP contribution in [0.15, 0.2) is 24.3 Å². The second kappa shape index (κ2) is 17.7. The lowest BCUT2D eigenvalue weighted by Gasteiger charge is -2.15. The molecule has 0 saturated carbocycles. The lowest BCUT2D eigenvalue weighted by molar-refractivity contribution is -0.168. The van der Waals surface area contributed by atoms with Gasteiger partial charge >= 0.3 is 23.9 Å². The quantitative estimate of drug-likeness (QED) is 0.0970. The highest BCUT2D eigenvalue weighted by Crippen LogP contribution is 2.18. The van der Waals surface area contributed by atoms with E-state index in [-0.39, 0.29) is 56.0 Å². The summed E-state index contributed by atoms with van der Waals surface area (Å²) >= 11 is 0. The van der Waals surface area contributed by atoms with Crippen molar-refractivity contribution in [3.05, 3.63) is 24.3 Å². The van der Waals surface area contributed by atoms with Crippen LogP contribution >= 0.6 is 0 Å². The maximum absolute atomic E-state index is 12.6. The fraction of sp³-hybridized carbons (Fsp3) is 0.586. The summed E-state index contributed by atoms with van der Waals surface area (Å²) in [5.74, 6) is -5.56. The van der Waals surface area contributed by atoms with Gasteiger partial charge in [0, 0.05) is 50.2 Å². The van der Waals surface area contributed by atoms with Crippen molar-refractivity contribution in [2.45, 2.75) is 90.4 Å². The Morgan fingerprint density at radius 3 is 1.54 bits per heavy atom. The molecule has 0 aromatic heterocycles. The van der Waals surface area contributed by atoms with E-state index in [1.807, 2.05) is 6.92 Å². The molecule has 2 heterocycles. The van der Waals surface area contributed by atoms with E-state index >= 15 is 0 Å². The van der Waals surface area contributed by atoms with Crippen LogP contribution in [0.2, 0.25) is 0 Å². The Labute approximate surface area is 239 Å². The van der Waals surface area contributed by atoms with Gasteiger partial charge in [-0.2, -0.15) is 0 Å². The summed E-state index contributed by atoms with van der Waals surface area (Å²) < 4.78 is 9.81. The molecule has 0 saturated heterocycles. The molecular weight excluding hydrogens is 536 g/mol. The summed E-state index contributed by atoms with van der Waals surface area (Å²) in [4.78, 5) is 97.6. The second-order valence-electron chi connectivity index (χ2n) is 9.98. The lowest BCUT2D eigenvalue weighted by Crippen LogP contribution is -2.30. The Bertz CT molecular complexity index is 1040. The van der Waals surface area contributed by atoms with Crippen LogP contribution in [0.4, 0.5) is 0 Å². The third kappa shape index (κ3) is 12.0. The van der Waals surface area contributed by atoms with Crippen LogP contribution in [0.3, 0.4) is 0 Å². The topological polar surface area (TPSA) is 162 Å². The highest BCUT2D eigenvalue weighted by Gasteiger charge is 2.27. The smallest absolute Gasteiger partial charge is 0.317 e. The van der Waals surface area contributed by atoms with E-state index in [4.69, 9.17) is 9.47 Å². The van der Waals surface area contributed by atoms with Gasteiger partial charge in [-0.25, -0.2) is 0 Å². The second-order valence-corrected chi connectivity index (χ2v) is 9.98. The van der Waals surface area contributed by atoms with Gasteiger partial charge in [-0.3, -0.25) is 48.2 Å². The maximum atomic E-state index is 12.6. The van der Waals surface area contributed by atoms with Gasteiger partial charge in [0.1, 0.15) is 0 Å². The van der Waals surface area contributed by atoms with E-state index in [0.717, 1.165) is 22.6 Å². The van der Waals surface area contributed by atoms with Crippen LogP contribution in [0.1, 0.15) is 90.4 Å². The number of amides is 4. The Morgan fingerprint density at radius 2 is 1.07 bits per heavy atom. The van der Waals surface area contributed by atoms with E-state index in [1.54, 1.807) is 0 Å². The molecule has 0 aromatic carbocycles. The molecule has 4 amide bonds. The van der Waals surface area contributed by atoms with E-state index in [9.17, 15) is 38.4 Å². The van der Waals surface area contributed by atoms with Crippen LogP contribution in [0.25, 0.3) is 0 Å². The Kier molecular flexibility index (Phi) is 14.3. The molecule has 2 rings (SSSR count). The molecule has 224 valence electrons. The van der Waals surface area contributed by atoms with Crippen molar-refractivity contribution < 1.29 is 47.8 Å². The van der Waals surface area contributed by atoms with E-state index in [1.165, 1.54) is 24.3 Å². The van der Waals surface area contributed by atoms with Gasteiger partial charge in [0.05, 0.1) is 12.3 Å². The standard InChI is InChI=1S/C29H38N2O10/c1-2-3-6-11-21(29(39)41-27(37)13-8-5-10-19-31-24(34)16-17-25(31)35)20-28(38)40-26(36)12-7-4-9-18-30-22(32)14-15-23(30)33/h14-17,21H,2-13,18-20H2,1H3. The Hall–Kier alpha value is -3.96. The number of nitrogens with zero attached hydrogens (tertiary/aromatic N) is 2. The van der Waals surface area contributed by atoms with Crippen molar-refractivity contribution >= 4 is 47.5 Å². The average Bonchev–Trinajstić information content (AvgIpc) is 3.42. The number of ether oxygens (including phenoxy) is 2. The number of unbranched alkanes of at least 4 members (excludes halogenated alkanes) is 6. The van der Waals surface area contributed by atoms with Crippen LogP contribution in [0, 0.1) is 5.92 Å². The molecule has 0 radical (unpaired) electrons. The molecule has 0 fully saturated rings. The molecule has 0 spiro atoms. The highest BCUT2D eigenvalue weighted by atomic mass is 16.6. The van der Waals surface area contributed by atoms with Gasteiger partial charge in [0.2, 0.25) is 0 Å². The minimum Gasteiger partial charge on any atom is -0.393 e. The van der Waals surface area contributed by atoms with Gasteiger partial charge in [0.25, 0.3) is 23.6 Å². The summed E-state index contributed by atoms with van der Waals surface area (Å²) in [6.45, 7) is 2.47. The van der Waals surface area contributed by atoms with Crippen molar-refractivity contribution in [1.82, 2.24) is 9.80 Å². The largest absolute Gasteiger partial charge is 0.393 e. The van der Waals surface area contributed by atoms with E-state index in [0.29, 0.717) is 51.4 Å². The molecule has 0 bridgehead atoms. The predicted octanol–water partition coefficient (Wildman–Crippen LogP) is 2.68. The van der Waals surface area contributed by atoms with Crippen LogP contribution in [-0.4, -0.2) is 70.4 Å². The van der Waals surface area contributed by atoms with E-state index in [2.05, 4.69) is 0 Å². The molecule has 1 unspecified atom stereocenters. The van der Waals surface area contributed by atoms with Gasteiger partial charge < -0.3 is 9.47 Å². The van der Waals surface area contributed by atoms with Crippen molar-refractivity contribution in [2.24, 2.45) is 5.92 Å². The van der Waals surface area contributed by atoms with Crippen LogP contribution in [0.5, 0.6) is 0 Å². The fourth-order valence-corrected chi connectivity index (χ4v) is 4.35. The Balaban J connectivity index is 1.67. The number of imide groups is 2. The van der Waals surface area contributed by atoms with Crippen LogP contribution in [-0.2, 0) is 47.8 Å². The number of hydrogen-bond acceptors (Lipinski definition) is 10. The molecule has 0 N–H and O–H groups in total. The fourth-order valence-electron chi connectivity index (χ4n) is 4.35. The SMILES string of the molecule is CCCCCC(CC(=O)OC(=O)CCCCCN1C(=O)C=CC1=O)C(=O)OC(=O)CCCCCN1C(=O)C=CC1=O. The maximum Gasteiger partial charge on any atom is 0.317 e. The zero-order valence-corrected chi connectivity index (χ0v) is 23.5. The molecule has 41 heavy (non-hydrogen) atoms. The number of carbonyl (C=O) groups excluding carboxylic acids is 8. The number of rotatable bonds is 19. The van der Waals surface area contributed by atoms with Crippen molar-refractivity contribution in [1.29, 1.82) is 0 Å². The molecule has 0 aromatic rings. The third-order valence-corrected chi connectivity index (χ3v) is 6.67. The first-order valence-electron chi connectivity index (χ1n) is 14.2. The molecule has 0 aliphatic carbocycles. The highest BCUT2D eigenvalue weighted by molar-refractivity contribution is 6.13. The number of esters is 4. The third-order valence-electron chi connectivity index (χ3n) is 6.67. The summed E-state index contributed by atoms with van der Waals surface area (Å²) in [7, 11) is 0. The van der Waals surface area contributed by atoms with Crippen molar-refractivity contribution in [2.75, 3.05) is 13.1 Å². The van der Waals surface area contributed by atoms with Gasteiger partial charge in [-0.1, -0.05) is 39.0 Å². The predicted molar refractivity (Wildman–Crippen MR) is 143 cm³/mol. The monoisotopic (exact) mass is 574 g/mol. The first-order chi connectivity index (χ1) is 19.6. The number of carbonyl (C=O) groups is 8. The molecule has 1 atom stereocenters. The molecule has 12 nitrogen and oxygen atoms in total. The zero-order chi connectivity index (χ0) is 30.2. The summed E-state index contributed by atoms with van der Waals surface area (Å²) in [5.41, 5.74) is 0. The molecule has 12 heteroatoms. The lowest BCUT2D eigenvalue weighted by atomic mass is 9.98. The van der Waals surface area contributed by atoms with Gasteiger partial charge in [-0.05, 0) is 32.1 Å². The van der Waals surface area contributed by atoms with E-state index < -0.39 is 29.8 Å². The van der Waals surface area contributed by atoms with Crippen molar-refractivity contribution in [3.8, 4) is 0 Å². The average molecular weight is 575 g/mol. The summed E-state index contributed by atoms with van der Waals surface area (Å²) in [5, 5.41) is 0. The molecule has 2 aliphatic rings. The normalized spacial score (nSPS) is 15.1. The van der Waals surface area contributed by atoms with Gasteiger partial charge in [0.15, 0.2) is 0 Å².